The van der Waals surface area contributed by atoms with Crippen LogP contribution in [0.5, 0.6) is 0 Å². The van der Waals surface area contributed by atoms with Crippen molar-refractivity contribution in [3.05, 3.63) is 18.1 Å². The van der Waals surface area contributed by atoms with E-state index in [9.17, 15) is 5.26 Å². The van der Waals surface area contributed by atoms with E-state index < -0.39 is 0 Å². The Kier molecular flexibility index (Phi) is 4.36. The Labute approximate surface area is 113 Å². The highest BCUT2D eigenvalue weighted by Gasteiger charge is 2.39. The lowest BCUT2D eigenvalue weighted by Gasteiger charge is -2.22. The van der Waals surface area contributed by atoms with E-state index in [1.165, 1.54) is 4.90 Å². The second-order valence-electron chi connectivity index (χ2n) is 4.94. The maximum Gasteiger partial charge on any atom is 0.114 e. The predicted molar refractivity (Wildman–Crippen MR) is 73.6 cm³/mol. The van der Waals surface area contributed by atoms with E-state index in [1.54, 1.807) is 6.26 Å². The molecule has 2 atom stereocenters. The van der Waals surface area contributed by atoms with Gasteiger partial charge in [0.05, 0.1) is 12.3 Å². The normalized spacial score (nSPS) is 27.3. The van der Waals surface area contributed by atoms with Crippen LogP contribution in [0.15, 0.2) is 21.6 Å². The van der Waals surface area contributed by atoms with Crippen LogP contribution in [0.1, 0.15) is 38.4 Å². The SMILES string of the molecule is CCCNC1(C#N)CCC(Sc2ccoc2C)C1. The molecule has 2 rings (SSSR count). The predicted octanol–water partition coefficient (Wildman–Crippen LogP) is 3.49. The molecule has 0 bridgehead atoms. The van der Waals surface area contributed by atoms with Crippen molar-refractivity contribution in [2.45, 2.75) is 55.2 Å². The van der Waals surface area contributed by atoms with Gasteiger partial charge in [0, 0.05) is 10.1 Å². The maximum atomic E-state index is 9.40. The lowest BCUT2D eigenvalue weighted by molar-refractivity contribution is 0.424. The fraction of sp³-hybridized carbons (Fsp3) is 0.643. The van der Waals surface area contributed by atoms with Gasteiger partial charge in [-0.1, -0.05) is 6.92 Å². The van der Waals surface area contributed by atoms with Crippen LogP contribution >= 0.6 is 11.8 Å². The minimum absolute atomic E-state index is 0.300. The van der Waals surface area contributed by atoms with Crippen LogP contribution in [-0.4, -0.2) is 17.3 Å². The number of aryl methyl sites for hydroxylation is 1. The average molecular weight is 264 g/mol. The van der Waals surface area contributed by atoms with Crippen molar-refractivity contribution in [1.82, 2.24) is 5.32 Å². The zero-order valence-corrected chi connectivity index (χ0v) is 11.8. The first kappa shape index (κ1) is 13.5. The molecule has 4 heteroatoms. The largest absolute Gasteiger partial charge is 0.468 e. The summed E-state index contributed by atoms with van der Waals surface area (Å²) in [7, 11) is 0. The van der Waals surface area contributed by atoms with Gasteiger partial charge in [-0.15, -0.1) is 11.8 Å². The molecule has 1 saturated carbocycles. The highest BCUT2D eigenvalue weighted by molar-refractivity contribution is 8.00. The fourth-order valence-corrected chi connectivity index (χ4v) is 3.75. The summed E-state index contributed by atoms with van der Waals surface area (Å²) in [6, 6.07) is 4.51. The average Bonchev–Trinajstić information content (AvgIpc) is 2.96. The van der Waals surface area contributed by atoms with E-state index in [1.807, 2.05) is 24.8 Å². The number of nitrogens with one attached hydrogen (secondary N) is 1. The van der Waals surface area contributed by atoms with Crippen LogP contribution in [0.25, 0.3) is 0 Å². The van der Waals surface area contributed by atoms with Crippen molar-refractivity contribution in [1.29, 1.82) is 5.26 Å². The maximum absolute atomic E-state index is 9.40. The molecule has 98 valence electrons. The van der Waals surface area contributed by atoms with E-state index >= 15 is 0 Å². The lowest BCUT2D eigenvalue weighted by atomic mass is 10.00. The Morgan fingerprint density at radius 3 is 3.11 bits per heavy atom. The molecular weight excluding hydrogens is 244 g/mol. The summed E-state index contributed by atoms with van der Waals surface area (Å²) in [4.78, 5) is 1.21. The van der Waals surface area contributed by atoms with Crippen molar-refractivity contribution in [3.63, 3.8) is 0 Å². The number of nitriles is 1. The molecule has 1 fully saturated rings. The monoisotopic (exact) mass is 264 g/mol. The van der Waals surface area contributed by atoms with Gasteiger partial charge >= 0.3 is 0 Å². The summed E-state index contributed by atoms with van der Waals surface area (Å²) in [5.41, 5.74) is -0.300. The first-order chi connectivity index (χ1) is 8.69. The quantitative estimate of drug-likeness (QED) is 0.884. The van der Waals surface area contributed by atoms with Gasteiger partial charge in [-0.2, -0.15) is 5.26 Å². The number of furan rings is 1. The van der Waals surface area contributed by atoms with Crippen LogP contribution in [0.3, 0.4) is 0 Å². The summed E-state index contributed by atoms with van der Waals surface area (Å²) in [5.74, 6) is 0.982. The topological polar surface area (TPSA) is 49.0 Å². The summed E-state index contributed by atoms with van der Waals surface area (Å²) in [6.07, 6.45) is 5.79. The smallest absolute Gasteiger partial charge is 0.114 e. The fourth-order valence-electron chi connectivity index (χ4n) is 2.44. The van der Waals surface area contributed by atoms with E-state index in [2.05, 4.69) is 18.3 Å². The minimum Gasteiger partial charge on any atom is -0.468 e. The molecule has 0 radical (unpaired) electrons. The minimum atomic E-state index is -0.300. The third-order valence-corrected chi connectivity index (χ3v) is 4.91. The van der Waals surface area contributed by atoms with Crippen molar-refractivity contribution < 1.29 is 4.42 Å². The molecule has 0 aliphatic heterocycles. The Balaban J connectivity index is 1.95. The standard InChI is InChI=1S/C14H20N2OS/c1-3-7-16-14(10-15)6-4-12(9-14)18-13-5-8-17-11(13)2/h5,8,12,16H,3-4,6-7,9H2,1-2H3. The number of hydrogen-bond acceptors (Lipinski definition) is 4. The Morgan fingerprint density at radius 1 is 1.67 bits per heavy atom. The van der Waals surface area contributed by atoms with Crippen LogP contribution in [0, 0.1) is 18.3 Å². The lowest BCUT2D eigenvalue weighted by Crippen LogP contribution is -2.42. The van der Waals surface area contributed by atoms with Gasteiger partial charge in [0.15, 0.2) is 0 Å². The molecule has 2 unspecified atom stereocenters. The molecule has 3 nitrogen and oxygen atoms in total. The highest BCUT2D eigenvalue weighted by atomic mass is 32.2. The van der Waals surface area contributed by atoms with E-state index in [-0.39, 0.29) is 5.54 Å². The number of nitrogens with zero attached hydrogens (tertiary/aromatic N) is 1. The Morgan fingerprint density at radius 2 is 2.50 bits per heavy atom. The Hall–Kier alpha value is -0.920. The summed E-state index contributed by atoms with van der Waals surface area (Å²) < 4.78 is 5.32. The molecule has 0 spiro atoms. The summed E-state index contributed by atoms with van der Waals surface area (Å²) in [6.45, 7) is 5.05. The molecule has 0 amide bonds. The number of thioether (sulfide) groups is 1. The van der Waals surface area contributed by atoms with Gasteiger partial charge in [-0.25, -0.2) is 0 Å². The zero-order valence-electron chi connectivity index (χ0n) is 11.0. The molecular formula is C14H20N2OS. The molecule has 1 heterocycles. The van der Waals surface area contributed by atoms with Gasteiger partial charge in [0.25, 0.3) is 0 Å². The van der Waals surface area contributed by atoms with Crippen LogP contribution in [0.2, 0.25) is 0 Å². The third kappa shape index (κ3) is 2.90. The van der Waals surface area contributed by atoms with E-state index in [0.717, 1.165) is 38.0 Å². The van der Waals surface area contributed by atoms with Crippen molar-refractivity contribution >= 4 is 11.8 Å². The number of rotatable bonds is 5. The molecule has 18 heavy (non-hydrogen) atoms. The van der Waals surface area contributed by atoms with Crippen LogP contribution < -0.4 is 5.32 Å². The second-order valence-corrected chi connectivity index (χ2v) is 6.29. The first-order valence-electron chi connectivity index (χ1n) is 6.56. The third-order valence-electron chi connectivity index (χ3n) is 3.50. The summed E-state index contributed by atoms with van der Waals surface area (Å²) >= 11 is 1.85. The van der Waals surface area contributed by atoms with Gasteiger partial charge < -0.3 is 4.42 Å². The van der Waals surface area contributed by atoms with E-state index in [0.29, 0.717) is 5.25 Å². The van der Waals surface area contributed by atoms with E-state index in [4.69, 9.17) is 4.42 Å². The van der Waals surface area contributed by atoms with Crippen LogP contribution in [-0.2, 0) is 0 Å². The molecule has 0 saturated heterocycles. The molecule has 1 aromatic rings. The van der Waals surface area contributed by atoms with Gasteiger partial charge in [-0.05, 0) is 45.2 Å². The van der Waals surface area contributed by atoms with Crippen molar-refractivity contribution in [2.24, 2.45) is 0 Å². The zero-order chi connectivity index (χ0) is 13.0. The van der Waals surface area contributed by atoms with Crippen LogP contribution in [0.4, 0.5) is 0 Å². The van der Waals surface area contributed by atoms with Gasteiger partial charge in [0.1, 0.15) is 11.3 Å². The van der Waals surface area contributed by atoms with Crippen molar-refractivity contribution in [2.75, 3.05) is 6.54 Å². The molecule has 1 aliphatic rings. The van der Waals surface area contributed by atoms with Crippen molar-refractivity contribution in [3.8, 4) is 6.07 Å². The summed E-state index contributed by atoms with van der Waals surface area (Å²) in [5, 5.41) is 13.3. The number of hydrogen-bond donors (Lipinski definition) is 1. The molecule has 1 N–H and O–H groups in total. The Bertz CT molecular complexity index is 437. The second kappa shape index (κ2) is 5.81. The molecule has 0 aromatic carbocycles. The molecule has 1 aromatic heterocycles. The highest BCUT2D eigenvalue weighted by Crippen LogP contribution is 2.41. The van der Waals surface area contributed by atoms with Gasteiger partial charge in [-0.3, -0.25) is 5.32 Å². The first-order valence-corrected chi connectivity index (χ1v) is 7.44. The molecule has 1 aliphatic carbocycles. The van der Waals surface area contributed by atoms with Gasteiger partial charge in [0.2, 0.25) is 0 Å².